The fourth-order valence-electron chi connectivity index (χ4n) is 1.95. The van der Waals surface area contributed by atoms with Crippen LogP contribution in [0.4, 0.5) is 5.69 Å². The van der Waals surface area contributed by atoms with Crippen LogP contribution in [0.1, 0.15) is 24.8 Å². The van der Waals surface area contributed by atoms with Crippen molar-refractivity contribution < 1.29 is 0 Å². The Morgan fingerprint density at radius 2 is 2.25 bits per heavy atom. The first-order chi connectivity index (χ1) is 9.72. The first-order valence-electron chi connectivity index (χ1n) is 6.61. The van der Waals surface area contributed by atoms with E-state index in [2.05, 4.69) is 59.4 Å². The number of nitrogens with zero attached hydrogens (tertiary/aromatic N) is 2. The standard InChI is InChI=1S/C15H17N3S2/c1-11(2)18-9-13(7-17-18)16-8-14-6-12(10-20-14)15-4-3-5-19-15/h3-7,9-11,16H,8H2,1-2H3. The predicted molar refractivity (Wildman–Crippen MR) is 87.6 cm³/mol. The molecule has 5 heteroatoms. The highest BCUT2D eigenvalue weighted by atomic mass is 32.1. The monoisotopic (exact) mass is 303 g/mol. The van der Waals surface area contributed by atoms with Gasteiger partial charge in [-0.25, -0.2) is 0 Å². The fraction of sp³-hybridized carbons (Fsp3) is 0.267. The van der Waals surface area contributed by atoms with Gasteiger partial charge in [-0.2, -0.15) is 5.10 Å². The molecule has 104 valence electrons. The van der Waals surface area contributed by atoms with Gasteiger partial charge in [0.05, 0.1) is 11.9 Å². The molecule has 0 saturated carbocycles. The minimum atomic E-state index is 0.401. The van der Waals surface area contributed by atoms with Crippen molar-refractivity contribution >= 4 is 28.4 Å². The maximum absolute atomic E-state index is 4.33. The third kappa shape index (κ3) is 2.94. The van der Waals surface area contributed by atoms with Crippen LogP contribution in [0.5, 0.6) is 0 Å². The van der Waals surface area contributed by atoms with Crippen LogP contribution in [-0.4, -0.2) is 9.78 Å². The Hall–Kier alpha value is -1.59. The van der Waals surface area contributed by atoms with E-state index >= 15 is 0 Å². The molecule has 0 atom stereocenters. The number of thiophene rings is 2. The molecule has 0 saturated heterocycles. The lowest BCUT2D eigenvalue weighted by Gasteiger charge is -2.03. The highest BCUT2D eigenvalue weighted by Crippen LogP contribution is 2.29. The van der Waals surface area contributed by atoms with Crippen LogP contribution in [0.25, 0.3) is 10.4 Å². The van der Waals surface area contributed by atoms with E-state index in [1.807, 2.05) is 10.9 Å². The van der Waals surface area contributed by atoms with Crippen molar-refractivity contribution in [2.24, 2.45) is 0 Å². The van der Waals surface area contributed by atoms with Gasteiger partial charge < -0.3 is 5.32 Å². The average Bonchev–Trinajstić information content (AvgIpc) is 3.17. The molecule has 0 aromatic carbocycles. The number of rotatable bonds is 5. The molecule has 3 aromatic heterocycles. The lowest BCUT2D eigenvalue weighted by atomic mass is 10.2. The molecule has 20 heavy (non-hydrogen) atoms. The second-order valence-corrected chi connectivity index (χ2v) is 6.88. The molecule has 0 spiro atoms. The minimum Gasteiger partial charge on any atom is -0.378 e. The summed E-state index contributed by atoms with van der Waals surface area (Å²) in [7, 11) is 0. The van der Waals surface area contributed by atoms with Crippen LogP contribution in [0, 0.1) is 0 Å². The van der Waals surface area contributed by atoms with Gasteiger partial charge in [0.15, 0.2) is 0 Å². The van der Waals surface area contributed by atoms with E-state index in [-0.39, 0.29) is 0 Å². The van der Waals surface area contributed by atoms with E-state index in [1.54, 1.807) is 22.7 Å². The van der Waals surface area contributed by atoms with E-state index in [1.165, 1.54) is 15.3 Å². The lowest BCUT2D eigenvalue weighted by Crippen LogP contribution is -2.00. The Balaban J connectivity index is 1.63. The summed E-state index contributed by atoms with van der Waals surface area (Å²) >= 11 is 3.58. The number of nitrogens with one attached hydrogen (secondary N) is 1. The summed E-state index contributed by atoms with van der Waals surface area (Å²) < 4.78 is 1.97. The maximum atomic E-state index is 4.33. The molecule has 0 fully saturated rings. The summed E-state index contributed by atoms with van der Waals surface area (Å²) in [6.45, 7) is 5.10. The van der Waals surface area contributed by atoms with Crippen LogP contribution >= 0.6 is 22.7 Å². The molecule has 3 nitrogen and oxygen atoms in total. The zero-order valence-electron chi connectivity index (χ0n) is 11.5. The van der Waals surface area contributed by atoms with Crippen molar-refractivity contribution in [2.75, 3.05) is 5.32 Å². The quantitative estimate of drug-likeness (QED) is 0.729. The Morgan fingerprint density at radius 1 is 1.35 bits per heavy atom. The first kappa shape index (κ1) is 13.4. The second-order valence-electron chi connectivity index (χ2n) is 4.94. The molecule has 3 aromatic rings. The maximum Gasteiger partial charge on any atom is 0.0729 e. The summed E-state index contributed by atoms with van der Waals surface area (Å²) in [5.41, 5.74) is 2.39. The molecule has 3 rings (SSSR count). The van der Waals surface area contributed by atoms with E-state index in [4.69, 9.17) is 0 Å². The van der Waals surface area contributed by atoms with Crippen molar-refractivity contribution in [2.45, 2.75) is 26.4 Å². The second kappa shape index (κ2) is 5.81. The van der Waals surface area contributed by atoms with Crippen molar-refractivity contribution in [1.29, 1.82) is 0 Å². The van der Waals surface area contributed by atoms with Crippen LogP contribution in [0.15, 0.2) is 41.4 Å². The van der Waals surface area contributed by atoms with Gasteiger partial charge in [0, 0.05) is 34.1 Å². The molecular formula is C15H17N3S2. The summed E-state index contributed by atoms with van der Waals surface area (Å²) in [5.74, 6) is 0. The van der Waals surface area contributed by atoms with Crippen molar-refractivity contribution in [3.05, 3.63) is 46.2 Å². The van der Waals surface area contributed by atoms with Gasteiger partial charge in [0.1, 0.15) is 0 Å². The lowest BCUT2D eigenvalue weighted by molar-refractivity contribution is 0.532. The molecule has 0 unspecified atom stereocenters. The van der Waals surface area contributed by atoms with Gasteiger partial charge in [0.25, 0.3) is 0 Å². The summed E-state index contributed by atoms with van der Waals surface area (Å²) in [6.07, 6.45) is 3.94. The zero-order valence-corrected chi connectivity index (χ0v) is 13.2. The zero-order chi connectivity index (χ0) is 13.9. The van der Waals surface area contributed by atoms with E-state index in [0.717, 1.165) is 12.2 Å². The summed E-state index contributed by atoms with van der Waals surface area (Å²) in [4.78, 5) is 2.67. The van der Waals surface area contributed by atoms with Crippen molar-refractivity contribution in [1.82, 2.24) is 9.78 Å². The largest absolute Gasteiger partial charge is 0.378 e. The van der Waals surface area contributed by atoms with Gasteiger partial charge in [-0.3, -0.25) is 4.68 Å². The molecule has 0 aliphatic carbocycles. The Morgan fingerprint density at radius 3 is 2.95 bits per heavy atom. The molecule has 0 bridgehead atoms. The first-order valence-corrected chi connectivity index (χ1v) is 8.37. The van der Waals surface area contributed by atoms with Crippen LogP contribution < -0.4 is 5.32 Å². The number of hydrogen-bond donors (Lipinski definition) is 1. The van der Waals surface area contributed by atoms with Crippen LogP contribution in [0.2, 0.25) is 0 Å². The van der Waals surface area contributed by atoms with Crippen molar-refractivity contribution in [3.8, 4) is 10.4 Å². The molecule has 0 aliphatic rings. The van der Waals surface area contributed by atoms with Gasteiger partial charge in [0.2, 0.25) is 0 Å². The predicted octanol–water partition coefficient (Wildman–Crippen LogP) is 4.87. The van der Waals surface area contributed by atoms with Crippen molar-refractivity contribution in [3.63, 3.8) is 0 Å². The molecule has 1 N–H and O–H groups in total. The van der Waals surface area contributed by atoms with E-state index in [0.29, 0.717) is 6.04 Å². The SMILES string of the molecule is CC(C)n1cc(NCc2cc(-c3cccs3)cs2)cn1. The molecule has 0 amide bonds. The number of anilines is 1. The molecular weight excluding hydrogens is 286 g/mol. The third-order valence-corrected chi connectivity index (χ3v) is 4.91. The smallest absolute Gasteiger partial charge is 0.0729 e. The fourth-order valence-corrected chi connectivity index (χ4v) is 3.56. The Labute approximate surface area is 126 Å². The van der Waals surface area contributed by atoms with Gasteiger partial charge in [-0.15, -0.1) is 22.7 Å². The highest BCUT2D eigenvalue weighted by Gasteiger charge is 2.05. The Bertz CT molecular complexity index is 665. The highest BCUT2D eigenvalue weighted by molar-refractivity contribution is 7.14. The number of hydrogen-bond acceptors (Lipinski definition) is 4. The van der Waals surface area contributed by atoms with E-state index < -0.39 is 0 Å². The Kier molecular flexibility index (Phi) is 3.89. The minimum absolute atomic E-state index is 0.401. The normalized spacial score (nSPS) is 11.2. The molecule has 3 heterocycles. The topological polar surface area (TPSA) is 29.9 Å². The molecule has 0 radical (unpaired) electrons. The summed E-state index contributed by atoms with van der Waals surface area (Å²) in [6, 6.07) is 6.92. The van der Waals surface area contributed by atoms with E-state index in [9.17, 15) is 0 Å². The van der Waals surface area contributed by atoms with Gasteiger partial charge >= 0.3 is 0 Å². The molecule has 0 aliphatic heterocycles. The van der Waals surface area contributed by atoms with Crippen LogP contribution in [-0.2, 0) is 6.54 Å². The third-order valence-electron chi connectivity index (χ3n) is 3.06. The average molecular weight is 303 g/mol. The van der Waals surface area contributed by atoms with Crippen LogP contribution in [0.3, 0.4) is 0 Å². The van der Waals surface area contributed by atoms with Gasteiger partial charge in [-0.05, 0) is 36.7 Å². The van der Waals surface area contributed by atoms with Gasteiger partial charge in [-0.1, -0.05) is 6.07 Å². The number of aromatic nitrogens is 2. The summed E-state index contributed by atoms with van der Waals surface area (Å²) in [5, 5.41) is 12.1.